The van der Waals surface area contributed by atoms with Crippen LogP contribution in [0.5, 0.6) is 0 Å². The van der Waals surface area contributed by atoms with E-state index in [0.717, 1.165) is 23.9 Å². The van der Waals surface area contributed by atoms with Crippen LogP contribution in [0.2, 0.25) is 0 Å². The molecule has 2 fully saturated rings. The molecule has 2 aliphatic rings. The highest BCUT2D eigenvalue weighted by atomic mass is 19.2. The Balaban J connectivity index is 0.000000301. The van der Waals surface area contributed by atoms with Crippen molar-refractivity contribution >= 4 is 28.0 Å². The maximum absolute atomic E-state index is 15.4. The van der Waals surface area contributed by atoms with Gasteiger partial charge in [-0.2, -0.15) is 0 Å². The fourth-order valence-corrected chi connectivity index (χ4v) is 12.7. The van der Waals surface area contributed by atoms with Crippen molar-refractivity contribution in [1.29, 1.82) is 0 Å². The molecule has 2 unspecified atom stereocenters. The first-order valence-corrected chi connectivity index (χ1v) is 25.7. The Morgan fingerprint density at radius 2 is 0.513 bits per heavy atom. The van der Waals surface area contributed by atoms with Crippen molar-refractivity contribution < 1.29 is 93.1 Å². The summed E-state index contributed by atoms with van der Waals surface area (Å²) in [4.78, 5) is 0. The predicted octanol–water partition coefficient (Wildman–Crippen LogP) is 14.5. The van der Waals surface area contributed by atoms with Crippen LogP contribution in [0, 0.1) is 139 Å². The van der Waals surface area contributed by atoms with Crippen LogP contribution in [0.3, 0.4) is 0 Å². The molecule has 2 N–H and O–H groups in total. The summed E-state index contributed by atoms with van der Waals surface area (Å²) in [5.74, 6) is -69.8. The van der Waals surface area contributed by atoms with Crippen LogP contribution < -0.4 is 27.2 Å². The van der Waals surface area contributed by atoms with Crippen LogP contribution in [0.1, 0.15) is 157 Å². The highest BCUT2D eigenvalue weighted by molar-refractivity contribution is 7.20. The Bertz CT molecular complexity index is 2290. The van der Waals surface area contributed by atoms with Gasteiger partial charge >= 0.3 is 0 Å². The minimum atomic E-state index is -7.22. The van der Waals surface area contributed by atoms with Gasteiger partial charge in [-0.25, -0.2) is 87.8 Å². The van der Waals surface area contributed by atoms with Crippen molar-refractivity contribution in [3.63, 3.8) is 0 Å². The van der Waals surface area contributed by atoms with Gasteiger partial charge in [0.2, 0.25) is 0 Å². The van der Waals surface area contributed by atoms with Crippen molar-refractivity contribution in [1.82, 2.24) is 0 Å². The molecular formula is C54H60BF20N. The number of hydrogen-bond acceptors (Lipinski definition) is 0. The molecule has 2 aliphatic carbocycles. The van der Waals surface area contributed by atoms with Gasteiger partial charge in [0.15, 0.2) is 69.8 Å². The first-order chi connectivity index (χ1) is 35.6. The minimum Gasteiger partial charge on any atom is -0.340 e. The van der Waals surface area contributed by atoms with E-state index >= 15 is 35.1 Å². The SMILES string of the molecule is CCCCCC([NH2+]C(CCCCC)C1(C(C)C)CCCCC1)C1(C(C)C)CCCCC1.Fc1c(F)c(F)c([B-](c2c(F)c(F)c(F)c(F)c2F)(c2c(F)c(F)c(F)c(F)c2F)c2c(F)c(F)c(F)c(F)c2F)c(F)c1F. The summed E-state index contributed by atoms with van der Waals surface area (Å²) in [5.41, 5.74) is -13.2. The highest BCUT2D eigenvalue weighted by Crippen LogP contribution is 2.49. The van der Waals surface area contributed by atoms with Crippen molar-refractivity contribution in [3.05, 3.63) is 116 Å². The van der Waals surface area contributed by atoms with Crippen molar-refractivity contribution in [3.8, 4) is 0 Å². The van der Waals surface area contributed by atoms with Gasteiger partial charge in [-0.15, -0.1) is 21.9 Å². The van der Waals surface area contributed by atoms with Gasteiger partial charge in [0.1, 0.15) is 52.7 Å². The minimum absolute atomic E-state index is 0.585. The smallest absolute Gasteiger partial charge is 0.200 e. The number of hydrogen-bond donors (Lipinski definition) is 1. The second-order valence-corrected chi connectivity index (χ2v) is 21.1. The molecule has 0 bridgehead atoms. The second kappa shape index (κ2) is 25.1. The molecule has 4 aromatic carbocycles. The van der Waals surface area contributed by atoms with E-state index in [1.165, 1.54) is 116 Å². The molecule has 2 saturated carbocycles. The van der Waals surface area contributed by atoms with Gasteiger partial charge in [0.25, 0.3) is 0 Å². The Labute approximate surface area is 428 Å². The lowest BCUT2D eigenvalue weighted by atomic mass is 9.12. The number of halogens is 20. The van der Waals surface area contributed by atoms with E-state index in [1.54, 1.807) is 0 Å². The summed E-state index contributed by atoms with van der Waals surface area (Å²) >= 11 is 0. The Kier molecular flexibility index (Phi) is 20.6. The molecule has 0 aliphatic heterocycles. The summed E-state index contributed by atoms with van der Waals surface area (Å²) in [6.07, 6.45) is 19.0. The molecule has 0 saturated heterocycles. The molecule has 0 spiro atoms. The molecule has 6 rings (SSSR count). The van der Waals surface area contributed by atoms with Gasteiger partial charge < -0.3 is 5.32 Å². The molecule has 0 radical (unpaired) electrons. The van der Waals surface area contributed by atoms with Gasteiger partial charge in [0.05, 0.1) is 12.1 Å². The van der Waals surface area contributed by atoms with Gasteiger partial charge in [-0.05, 0) is 63.2 Å². The summed E-state index contributed by atoms with van der Waals surface area (Å²) in [6.45, 7) is 15.0. The van der Waals surface area contributed by atoms with E-state index in [-0.39, 0.29) is 0 Å². The second-order valence-electron chi connectivity index (χ2n) is 21.1. The molecule has 4 aromatic rings. The van der Waals surface area contributed by atoms with E-state index in [4.69, 9.17) is 0 Å². The topological polar surface area (TPSA) is 16.6 Å². The zero-order valence-electron chi connectivity index (χ0n) is 42.8. The quantitative estimate of drug-likeness (QED) is 0.0336. The number of rotatable bonds is 18. The van der Waals surface area contributed by atoms with Crippen molar-refractivity contribution in [2.24, 2.45) is 22.7 Å². The standard InChI is InChI=1S/C30H59N.C24BF20/c1-7-9-13-19-27(29(25(3)4)21-15-11-16-22-29)31-28(20-14-10-8-2)30(26(5)6)23-17-12-18-24-30;26-5-1(6(27)14(35)21(42)13(5)34)25(2-7(28)15(36)22(43)16(37)8(2)29,3-9(30)17(38)23(44)18(39)10(3)31)4-11(32)19(40)24(45)20(41)12(4)33/h25-28,31H,7-24H2,1-6H3;/q;-1/p+1. The molecule has 0 amide bonds. The Hall–Kier alpha value is -4.50. The van der Waals surface area contributed by atoms with Crippen LogP contribution in [0.15, 0.2) is 0 Å². The normalized spacial score (nSPS) is 16.6. The third-order valence-corrected chi connectivity index (χ3v) is 16.8. The molecular weight excluding hydrogens is 1050 g/mol. The van der Waals surface area contributed by atoms with Crippen LogP contribution in [-0.2, 0) is 0 Å². The summed E-state index contributed by atoms with van der Waals surface area (Å²) in [6, 6.07) is 1.70. The lowest BCUT2D eigenvalue weighted by Gasteiger charge is -2.51. The van der Waals surface area contributed by atoms with Crippen LogP contribution in [0.4, 0.5) is 87.8 Å². The largest absolute Gasteiger partial charge is 0.340 e. The highest BCUT2D eigenvalue weighted by Gasteiger charge is 2.53. The summed E-state index contributed by atoms with van der Waals surface area (Å²) in [5, 5.41) is 3.06. The summed E-state index contributed by atoms with van der Waals surface area (Å²) in [7, 11) is 0. The number of unbranched alkanes of at least 4 members (excludes halogenated alkanes) is 4. The van der Waals surface area contributed by atoms with Gasteiger partial charge in [-0.1, -0.05) is 106 Å². The van der Waals surface area contributed by atoms with E-state index in [9.17, 15) is 52.7 Å². The van der Waals surface area contributed by atoms with Gasteiger partial charge in [-0.3, -0.25) is 0 Å². The van der Waals surface area contributed by atoms with E-state index < -0.39 is 144 Å². The Morgan fingerprint density at radius 3 is 0.697 bits per heavy atom. The molecule has 0 heterocycles. The monoisotopic (exact) mass is 1110 g/mol. The molecule has 1 nitrogen and oxygen atoms in total. The molecule has 76 heavy (non-hydrogen) atoms. The number of quaternary nitrogens is 1. The average Bonchev–Trinajstić information content (AvgIpc) is 3.40. The van der Waals surface area contributed by atoms with E-state index in [2.05, 4.69) is 46.9 Å². The van der Waals surface area contributed by atoms with Crippen LogP contribution in [0.25, 0.3) is 0 Å². The van der Waals surface area contributed by atoms with Crippen LogP contribution in [-0.4, -0.2) is 18.2 Å². The lowest BCUT2D eigenvalue weighted by Crippen LogP contribution is -3.00. The van der Waals surface area contributed by atoms with E-state index in [0.29, 0.717) is 10.8 Å². The number of benzene rings is 4. The van der Waals surface area contributed by atoms with Crippen molar-refractivity contribution in [2.45, 2.75) is 169 Å². The number of nitrogens with two attached hydrogens (primary N) is 1. The van der Waals surface area contributed by atoms with Crippen molar-refractivity contribution in [2.75, 3.05) is 0 Å². The first kappa shape index (κ1) is 62.3. The summed E-state index contributed by atoms with van der Waals surface area (Å²) < 4.78 is 294. The lowest BCUT2D eigenvalue weighted by molar-refractivity contribution is -0.750. The maximum atomic E-state index is 15.4. The predicted molar refractivity (Wildman–Crippen MR) is 248 cm³/mol. The Morgan fingerprint density at radius 1 is 0.316 bits per heavy atom. The fourth-order valence-electron chi connectivity index (χ4n) is 12.7. The first-order valence-electron chi connectivity index (χ1n) is 25.7. The average molecular weight is 1110 g/mol. The fraction of sp³-hybridized carbons (Fsp3) is 0.556. The van der Waals surface area contributed by atoms with E-state index in [1.807, 2.05) is 0 Å². The van der Waals surface area contributed by atoms with Crippen LogP contribution >= 0.6 is 0 Å². The third-order valence-electron chi connectivity index (χ3n) is 16.8. The molecule has 0 aromatic heterocycles. The molecule has 22 heteroatoms. The molecule has 2 atom stereocenters. The zero-order valence-corrected chi connectivity index (χ0v) is 42.8. The maximum Gasteiger partial charge on any atom is 0.200 e. The molecule has 424 valence electrons. The zero-order chi connectivity index (χ0) is 57.1. The van der Waals surface area contributed by atoms with Gasteiger partial charge in [0, 0.05) is 10.8 Å². The third kappa shape index (κ3) is 10.8.